The van der Waals surface area contributed by atoms with Crippen molar-refractivity contribution in [2.45, 2.75) is 38.0 Å². The maximum absolute atomic E-state index is 13.6. The summed E-state index contributed by atoms with van der Waals surface area (Å²) < 4.78 is 34.2. The highest BCUT2D eigenvalue weighted by Crippen LogP contribution is 2.38. The smallest absolute Gasteiger partial charge is 0.410 e. The van der Waals surface area contributed by atoms with Crippen LogP contribution in [-0.4, -0.2) is 38.0 Å². The van der Waals surface area contributed by atoms with Crippen molar-refractivity contribution in [2.24, 2.45) is 0 Å². The molecule has 0 atom stereocenters. The number of halogens is 1. The summed E-state index contributed by atoms with van der Waals surface area (Å²) >= 11 is 6.26. The van der Waals surface area contributed by atoms with Gasteiger partial charge in [-0.15, -0.1) is 0 Å². The summed E-state index contributed by atoms with van der Waals surface area (Å²) in [5.74, 6) is -2.82. The quantitative estimate of drug-likeness (QED) is 0.202. The summed E-state index contributed by atoms with van der Waals surface area (Å²) in [6, 6.07) is 11.5. The predicted molar refractivity (Wildman–Crippen MR) is 138 cm³/mol. The van der Waals surface area contributed by atoms with E-state index in [1.807, 2.05) is 20.8 Å². The Kier molecular flexibility index (Phi) is 6.94. The van der Waals surface area contributed by atoms with E-state index in [-0.39, 0.29) is 44.4 Å². The van der Waals surface area contributed by atoms with Crippen molar-refractivity contribution >= 4 is 50.8 Å². The number of nitrogens with one attached hydrogen (secondary N) is 1. The van der Waals surface area contributed by atoms with Crippen LogP contribution < -0.4 is 14.4 Å². The molecule has 0 saturated heterocycles. The fourth-order valence-corrected chi connectivity index (χ4v) is 5.34. The standard InChI is InChI=1S/C26H24ClN3O7S/c1-5-37-25(33)22-19(7-6-14-29(22)34)30-23(31)20-17(27)12-13-18(21(20)24(30)32)28-38(35,36)16-10-8-15(9-11-16)26(2,3)4/h6-14H,5H2,1-4H3,(H-,28,32,33,34)/p+1. The van der Waals surface area contributed by atoms with Crippen LogP contribution in [0.4, 0.5) is 11.4 Å². The Balaban J connectivity index is 1.78. The molecule has 0 fully saturated rings. The minimum Gasteiger partial charge on any atom is -0.458 e. The Bertz CT molecular complexity index is 1580. The molecule has 12 heteroatoms. The van der Waals surface area contributed by atoms with Crippen molar-refractivity contribution in [3.63, 3.8) is 0 Å². The first-order chi connectivity index (χ1) is 17.8. The third-order valence-electron chi connectivity index (χ3n) is 5.93. The van der Waals surface area contributed by atoms with Crippen molar-refractivity contribution in [1.29, 1.82) is 0 Å². The number of ether oxygens (including phenoxy) is 1. The third-order valence-corrected chi connectivity index (χ3v) is 7.62. The SMILES string of the molecule is CCOC(=O)c1c(N2C(=O)c3c(Cl)ccc(NS(=O)(=O)c4ccc(C(C)(C)C)cc4)c3C2=O)ccc[n+]1O. The van der Waals surface area contributed by atoms with Crippen LogP contribution in [0, 0.1) is 0 Å². The predicted octanol–water partition coefficient (Wildman–Crippen LogP) is 3.94. The van der Waals surface area contributed by atoms with Crippen molar-refractivity contribution < 1.29 is 37.5 Å². The number of imide groups is 1. The molecule has 4 rings (SSSR count). The van der Waals surface area contributed by atoms with Gasteiger partial charge in [0, 0.05) is 10.8 Å². The lowest BCUT2D eigenvalue weighted by molar-refractivity contribution is -0.905. The number of rotatable bonds is 6. The maximum Gasteiger partial charge on any atom is 0.410 e. The molecule has 0 bridgehead atoms. The van der Waals surface area contributed by atoms with Crippen molar-refractivity contribution in [3.05, 3.63) is 82.1 Å². The molecule has 3 aromatic rings. The first-order valence-electron chi connectivity index (χ1n) is 11.5. The van der Waals surface area contributed by atoms with Gasteiger partial charge in [-0.05, 0) is 48.2 Å². The van der Waals surface area contributed by atoms with Gasteiger partial charge in [-0.2, -0.15) is 0 Å². The summed E-state index contributed by atoms with van der Waals surface area (Å²) in [5, 5.41) is 10.2. The summed E-state index contributed by atoms with van der Waals surface area (Å²) in [4.78, 5) is 40.1. The number of benzene rings is 2. The van der Waals surface area contributed by atoms with Gasteiger partial charge in [0.1, 0.15) is 5.69 Å². The number of esters is 1. The molecule has 2 aromatic carbocycles. The number of hydrogen-bond acceptors (Lipinski definition) is 7. The van der Waals surface area contributed by atoms with Gasteiger partial charge in [0.05, 0.1) is 33.3 Å². The second-order valence-corrected chi connectivity index (χ2v) is 11.6. The number of sulfonamides is 1. The number of aromatic nitrogens is 1. The van der Waals surface area contributed by atoms with E-state index in [9.17, 15) is 28.0 Å². The number of fused-ring (bicyclic) bond motifs is 1. The lowest BCUT2D eigenvalue weighted by atomic mass is 9.87. The number of amides is 2. The molecule has 0 radical (unpaired) electrons. The number of carbonyl (C=O) groups excluding carboxylic acids is 3. The molecule has 1 aromatic heterocycles. The van der Waals surface area contributed by atoms with Gasteiger partial charge in [-0.25, -0.2) is 18.1 Å². The molecule has 1 aliphatic heterocycles. The largest absolute Gasteiger partial charge is 0.458 e. The second-order valence-electron chi connectivity index (χ2n) is 9.48. The summed E-state index contributed by atoms with van der Waals surface area (Å²) in [5.41, 5.74) is -0.695. The number of carbonyl (C=O) groups is 3. The van der Waals surface area contributed by atoms with Crippen LogP contribution in [0.3, 0.4) is 0 Å². The molecule has 38 heavy (non-hydrogen) atoms. The monoisotopic (exact) mass is 558 g/mol. The number of pyridine rings is 1. The molecule has 2 heterocycles. The van der Waals surface area contributed by atoms with Crippen LogP contribution in [-0.2, 0) is 20.2 Å². The van der Waals surface area contributed by atoms with Gasteiger partial charge >= 0.3 is 11.7 Å². The first kappa shape index (κ1) is 27.1. The third kappa shape index (κ3) is 4.70. The van der Waals surface area contributed by atoms with E-state index in [0.717, 1.165) is 11.8 Å². The fourth-order valence-electron chi connectivity index (χ4n) is 4.03. The molecule has 0 saturated carbocycles. The molecule has 1 aliphatic rings. The van der Waals surface area contributed by atoms with E-state index in [0.29, 0.717) is 9.63 Å². The van der Waals surface area contributed by atoms with E-state index in [1.54, 1.807) is 19.1 Å². The lowest BCUT2D eigenvalue weighted by Crippen LogP contribution is -2.42. The minimum atomic E-state index is -4.16. The van der Waals surface area contributed by atoms with E-state index in [4.69, 9.17) is 16.3 Å². The highest BCUT2D eigenvalue weighted by molar-refractivity contribution is 7.92. The highest BCUT2D eigenvalue weighted by Gasteiger charge is 2.45. The lowest BCUT2D eigenvalue weighted by Gasteiger charge is -2.19. The average molecular weight is 559 g/mol. The van der Waals surface area contributed by atoms with Crippen molar-refractivity contribution in [2.75, 3.05) is 16.2 Å². The summed E-state index contributed by atoms with van der Waals surface area (Å²) in [7, 11) is -4.16. The van der Waals surface area contributed by atoms with Crippen LogP contribution in [0.25, 0.3) is 0 Å². The molecule has 198 valence electrons. The van der Waals surface area contributed by atoms with E-state index in [1.165, 1.54) is 36.4 Å². The molecule has 2 N–H and O–H groups in total. The molecule has 10 nitrogen and oxygen atoms in total. The fraction of sp³-hybridized carbons (Fsp3) is 0.231. The van der Waals surface area contributed by atoms with Gasteiger partial charge in [0.2, 0.25) is 6.20 Å². The zero-order chi connectivity index (χ0) is 28.0. The zero-order valence-corrected chi connectivity index (χ0v) is 22.6. The topological polar surface area (TPSA) is 134 Å². The Hall–Kier alpha value is -3.96. The molecular formula is C26H25ClN3O7S+. The Morgan fingerprint density at radius 1 is 1.05 bits per heavy atom. The molecular weight excluding hydrogens is 534 g/mol. The first-order valence-corrected chi connectivity index (χ1v) is 13.4. The van der Waals surface area contributed by atoms with E-state index >= 15 is 0 Å². The van der Waals surface area contributed by atoms with Crippen molar-refractivity contribution in [3.8, 4) is 0 Å². The van der Waals surface area contributed by atoms with Crippen LogP contribution in [0.15, 0.2) is 59.6 Å². The molecule has 0 spiro atoms. The number of hydrogen-bond donors (Lipinski definition) is 2. The van der Waals surface area contributed by atoms with Gasteiger partial charge in [-0.3, -0.25) is 19.5 Å². The Labute approximate surface area is 224 Å². The summed E-state index contributed by atoms with van der Waals surface area (Å²) in [6.45, 7) is 7.53. The van der Waals surface area contributed by atoms with Gasteiger partial charge in [0.25, 0.3) is 21.8 Å². The summed E-state index contributed by atoms with van der Waals surface area (Å²) in [6.07, 6.45) is 1.13. The van der Waals surface area contributed by atoms with Crippen LogP contribution in [0.1, 0.15) is 64.5 Å². The Morgan fingerprint density at radius 3 is 2.29 bits per heavy atom. The van der Waals surface area contributed by atoms with Crippen LogP contribution >= 0.6 is 11.6 Å². The van der Waals surface area contributed by atoms with Gasteiger partial charge < -0.3 is 4.74 Å². The highest BCUT2D eigenvalue weighted by atomic mass is 35.5. The van der Waals surface area contributed by atoms with E-state index in [2.05, 4.69) is 4.72 Å². The average Bonchev–Trinajstić information content (AvgIpc) is 3.11. The van der Waals surface area contributed by atoms with Crippen molar-refractivity contribution in [1.82, 2.24) is 0 Å². The molecule has 2 amide bonds. The normalized spacial score (nSPS) is 13.4. The van der Waals surface area contributed by atoms with Gasteiger partial charge in [-0.1, -0.05) is 44.5 Å². The zero-order valence-electron chi connectivity index (χ0n) is 21.0. The van der Waals surface area contributed by atoms with Gasteiger partial charge in [0.15, 0.2) is 0 Å². The molecule has 0 unspecified atom stereocenters. The van der Waals surface area contributed by atoms with Crippen LogP contribution in [0.5, 0.6) is 0 Å². The van der Waals surface area contributed by atoms with Crippen LogP contribution in [0.2, 0.25) is 5.02 Å². The second kappa shape index (κ2) is 9.73. The molecule has 0 aliphatic carbocycles. The minimum absolute atomic E-state index is 0.0240. The number of nitrogens with zero attached hydrogens (tertiary/aromatic N) is 2. The maximum atomic E-state index is 13.6. The Morgan fingerprint density at radius 2 is 1.68 bits per heavy atom. The van der Waals surface area contributed by atoms with E-state index < -0.39 is 33.5 Å². The number of anilines is 2.